The van der Waals surface area contributed by atoms with E-state index < -0.39 is 10.0 Å². The molecule has 1 aromatic heterocycles. The van der Waals surface area contributed by atoms with Crippen LogP contribution in [0, 0.1) is 6.92 Å². The van der Waals surface area contributed by atoms with Gasteiger partial charge in [-0.25, -0.2) is 13.4 Å². The predicted molar refractivity (Wildman–Crippen MR) is 133 cm³/mol. The molecule has 8 nitrogen and oxygen atoms in total. The molecule has 0 aliphatic rings. The molecular formula is C24H21ClN4O4S. The first kappa shape index (κ1) is 23.5. The second-order valence-corrected chi connectivity index (χ2v) is 9.63. The minimum atomic E-state index is -3.92. The van der Waals surface area contributed by atoms with Gasteiger partial charge in [-0.05, 0) is 49.4 Å². The molecule has 174 valence electrons. The number of hydrogen-bond acceptors (Lipinski definition) is 5. The molecule has 0 bridgehead atoms. The fourth-order valence-electron chi connectivity index (χ4n) is 3.47. The number of sulfonamides is 1. The van der Waals surface area contributed by atoms with Crippen molar-refractivity contribution in [2.24, 2.45) is 0 Å². The van der Waals surface area contributed by atoms with E-state index in [0.717, 1.165) is 0 Å². The van der Waals surface area contributed by atoms with Crippen molar-refractivity contribution in [3.63, 3.8) is 0 Å². The van der Waals surface area contributed by atoms with E-state index in [1.165, 1.54) is 22.8 Å². The van der Waals surface area contributed by atoms with Crippen LogP contribution in [-0.4, -0.2) is 23.9 Å². The number of rotatable bonds is 7. The summed E-state index contributed by atoms with van der Waals surface area (Å²) >= 11 is 6.04. The lowest BCUT2D eigenvalue weighted by Gasteiger charge is -2.12. The van der Waals surface area contributed by atoms with E-state index in [0.29, 0.717) is 22.4 Å². The minimum Gasteiger partial charge on any atom is -0.326 e. The summed E-state index contributed by atoms with van der Waals surface area (Å²) < 4.78 is 29.4. The lowest BCUT2D eigenvalue weighted by Crippen LogP contribution is -2.26. The lowest BCUT2D eigenvalue weighted by molar-refractivity contribution is -0.116. The average molecular weight is 497 g/mol. The maximum Gasteiger partial charge on any atom is 0.262 e. The molecule has 1 heterocycles. The van der Waals surface area contributed by atoms with Crippen LogP contribution in [0.2, 0.25) is 5.02 Å². The molecule has 3 aromatic carbocycles. The zero-order valence-electron chi connectivity index (χ0n) is 18.2. The van der Waals surface area contributed by atoms with E-state index in [1.54, 1.807) is 55.5 Å². The van der Waals surface area contributed by atoms with Gasteiger partial charge in [0.05, 0.1) is 26.5 Å². The zero-order chi connectivity index (χ0) is 24.3. The second kappa shape index (κ2) is 9.66. The van der Waals surface area contributed by atoms with Crippen molar-refractivity contribution in [2.75, 3.05) is 10.0 Å². The van der Waals surface area contributed by atoms with Gasteiger partial charge in [0.25, 0.3) is 15.6 Å². The highest BCUT2D eigenvalue weighted by Gasteiger charge is 2.17. The number of hydrogen-bond donors (Lipinski definition) is 2. The molecule has 0 aliphatic carbocycles. The van der Waals surface area contributed by atoms with Crippen LogP contribution in [0.1, 0.15) is 12.2 Å². The quantitative estimate of drug-likeness (QED) is 0.398. The summed E-state index contributed by atoms with van der Waals surface area (Å²) in [5.74, 6) is 0.142. The predicted octanol–water partition coefficient (Wildman–Crippen LogP) is 4.19. The van der Waals surface area contributed by atoms with Gasteiger partial charge >= 0.3 is 0 Å². The first-order chi connectivity index (χ1) is 16.2. The van der Waals surface area contributed by atoms with Crippen molar-refractivity contribution in [2.45, 2.75) is 24.8 Å². The largest absolute Gasteiger partial charge is 0.326 e. The molecule has 10 heteroatoms. The lowest BCUT2D eigenvalue weighted by atomic mass is 10.2. The van der Waals surface area contributed by atoms with Gasteiger partial charge in [0.1, 0.15) is 5.82 Å². The monoisotopic (exact) mass is 496 g/mol. The van der Waals surface area contributed by atoms with Crippen LogP contribution in [0.15, 0.2) is 82.5 Å². The number of aryl methyl sites for hydroxylation is 1. The highest BCUT2D eigenvalue weighted by Crippen LogP contribution is 2.25. The van der Waals surface area contributed by atoms with Gasteiger partial charge < -0.3 is 5.32 Å². The van der Waals surface area contributed by atoms with Crippen LogP contribution in [-0.2, 0) is 21.4 Å². The Morgan fingerprint density at radius 1 is 1.03 bits per heavy atom. The number of amides is 1. The normalized spacial score (nSPS) is 11.4. The van der Waals surface area contributed by atoms with Crippen molar-refractivity contribution in [3.8, 4) is 0 Å². The van der Waals surface area contributed by atoms with Crippen LogP contribution in [0.25, 0.3) is 10.9 Å². The Bertz CT molecular complexity index is 1550. The Kier molecular flexibility index (Phi) is 6.67. The number of halogens is 1. The molecule has 0 saturated carbocycles. The molecule has 1 amide bonds. The third kappa shape index (κ3) is 5.11. The Hall–Kier alpha value is -3.69. The van der Waals surface area contributed by atoms with E-state index in [1.807, 2.05) is 6.07 Å². The van der Waals surface area contributed by atoms with Gasteiger partial charge in [-0.2, -0.15) is 0 Å². The molecule has 0 atom stereocenters. The fraction of sp³-hybridized carbons (Fsp3) is 0.125. The average Bonchev–Trinajstić information content (AvgIpc) is 2.80. The van der Waals surface area contributed by atoms with E-state index in [9.17, 15) is 18.0 Å². The third-order valence-electron chi connectivity index (χ3n) is 5.16. The van der Waals surface area contributed by atoms with Crippen LogP contribution in [0.3, 0.4) is 0 Å². The Labute approximate surface area is 201 Å². The smallest absolute Gasteiger partial charge is 0.262 e. The number of para-hydroxylation sites is 2. The Morgan fingerprint density at radius 3 is 2.56 bits per heavy atom. The van der Waals surface area contributed by atoms with Crippen LogP contribution in [0.5, 0.6) is 0 Å². The number of nitrogens with one attached hydrogen (secondary N) is 2. The summed E-state index contributed by atoms with van der Waals surface area (Å²) in [4.78, 5) is 29.7. The number of carbonyl (C=O) groups excluding carboxylic acids is 1. The number of fused-ring (bicyclic) bond motifs is 1. The van der Waals surface area contributed by atoms with Gasteiger partial charge in [0, 0.05) is 18.7 Å². The van der Waals surface area contributed by atoms with Crippen molar-refractivity contribution < 1.29 is 13.2 Å². The van der Waals surface area contributed by atoms with Gasteiger partial charge in [-0.3, -0.25) is 18.9 Å². The van der Waals surface area contributed by atoms with Gasteiger partial charge in [-0.1, -0.05) is 41.9 Å². The van der Waals surface area contributed by atoms with Crippen molar-refractivity contribution in [1.29, 1.82) is 0 Å². The summed E-state index contributed by atoms with van der Waals surface area (Å²) in [7, 11) is -3.92. The molecule has 2 N–H and O–H groups in total. The number of anilines is 2. The van der Waals surface area contributed by atoms with Crippen molar-refractivity contribution in [3.05, 3.63) is 94.0 Å². The highest BCUT2D eigenvalue weighted by molar-refractivity contribution is 7.92. The Morgan fingerprint density at radius 2 is 1.76 bits per heavy atom. The van der Waals surface area contributed by atoms with E-state index in [4.69, 9.17) is 11.6 Å². The fourth-order valence-corrected chi connectivity index (χ4v) is 4.83. The number of aromatic nitrogens is 2. The summed E-state index contributed by atoms with van der Waals surface area (Å²) in [6, 6.07) is 19.4. The number of benzene rings is 3. The summed E-state index contributed by atoms with van der Waals surface area (Å²) in [6.45, 7) is 1.85. The van der Waals surface area contributed by atoms with E-state index >= 15 is 0 Å². The molecular weight excluding hydrogens is 476 g/mol. The molecule has 0 saturated heterocycles. The van der Waals surface area contributed by atoms with Crippen LogP contribution >= 0.6 is 11.6 Å². The molecule has 0 unspecified atom stereocenters. The first-order valence-electron chi connectivity index (χ1n) is 10.4. The Balaban J connectivity index is 1.46. The molecule has 0 radical (unpaired) electrons. The van der Waals surface area contributed by atoms with Gasteiger partial charge in [-0.15, -0.1) is 0 Å². The zero-order valence-corrected chi connectivity index (χ0v) is 19.7. The van der Waals surface area contributed by atoms with E-state index in [-0.39, 0.29) is 40.0 Å². The molecule has 0 spiro atoms. The topological polar surface area (TPSA) is 110 Å². The third-order valence-corrected chi connectivity index (χ3v) is 6.85. The summed E-state index contributed by atoms with van der Waals surface area (Å²) in [5, 5.41) is 3.43. The van der Waals surface area contributed by atoms with Gasteiger partial charge in [0.15, 0.2) is 0 Å². The maximum atomic E-state index is 12.8. The molecule has 4 rings (SSSR count). The molecule has 0 fully saturated rings. The standard InChI is InChI=1S/C24H21ClN4O4S/c1-16-26-21-11-4-2-9-19(21)24(31)29(16)14-13-23(30)27-17-7-6-8-18(15-17)34(32,33)28-22-12-5-3-10-20(22)25/h2-12,15,28H,13-14H2,1H3,(H,27,30). The molecule has 4 aromatic rings. The molecule has 0 aliphatic heterocycles. The maximum absolute atomic E-state index is 12.8. The van der Waals surface area contributed by atoms with E-state index in [2.05, 4.69) is 15.0 Å². The first-order valence-corrected chi connectivity index (χ1v) is 12.2. The van der Waals surface area contributed by atoms with Crippen LogP contribution in [0.4, 0.5) is 11.4 Å². The molecule has 34 heavy (non-hydrogen) atoms. The summed E-state index contributed by atoms with van der Waals surface area (Å²) in [6.07, 6.45) is 0.00954. The highest BCUT2D eigenvalue weighted by atomic mass is 35.5. The number of nitrogens with zero attached hydrogens (tertiary/aromatic N) is 2. The summed E-state index contributed by atoms with van der Waals surface area (Å²) in [5.41, 5.74) is 0.958. The van der Waals surface area contributed by atoms with Crippen LogP contribution < -0.4 is 15.6 Å². The van der Waals surface area contributed by atoms with Crippen molar-refractivity contribution >= 4 is 49.8 Å². The van der Waals surface area contributed by atoms with Crippen molar-refractivity contribution in [1.82, 2.24) is 9.55 Å². The number of carbonyl (C=O) groups is 1. The second-order valence-electron chi connectivity index (χ2n) is 7.54. The van der Waals surface area contributed by atoms with Gasteiger partial charge in [0.2, 0.25) is 5.91 Å². The minimum absolute atomic E-state index is 0.00954. The SMILES string of the molecule is Cc1nc2ccccc2c(=O)n1CCC(=O)Nc1cccc(S(=O)(=O)Nc2ccccc2Cl)c1.